The fraction of sp³-hybridized carbons (Fsp3) is 0.417. The predicted molar refractivity (Wildman–Crippen MR) is 76.5 cm³/mol. The molecule has 0 unspecified atom stereocenters. The summed E-state index contributed by atoms with van der Waals surface area (Å²) < 4.78 is 14.5. The second-order valence-corrected chi connectivity index (χ2v) is 5.14. The van der Waals surface area contributed by atoms with Crippen LogP contribution in [0.5, 0.6) is 0 Å². The molecular formula is C12H14ClFINO. The molecule has 0 radical (unpaired) electrons. The third-order valence-corrected chi connectivity index (χ3v) is 3.27. The van der Waals surface area contributed by atoms with Gasteiger partial charge in [0.25, 0.3) is 5.91 Å². The standard InChI is InChI=1S/C12H14ClFINO/c13-9-4-5-10(11(14)8-9)12(17)16-7-3-1-2-6-15/h4-5,8H,1-3,6-7H2,(H,16,17). The number of amides is 1. The predicted octanol–water partition coefficient (Wildman–Crippen LogP) is 3.81. The van der Waals surface area contributed by atoms with Crippen LogP contribution in [0.2, 0.25) is 5.02 Å². The van der Waals surface area contributed by atoms with Gasteiger partial charge in [0.2, 0.25) is 0 Å². The van der Waals surface area contributed by atoms with E-state index in [1.54, 1.807) is 0 Å². The number of rotatable bonds is 6. The summed E-state index contributed by atoms with van der Waals surface area (Å²) in [5.41, 5.74) is 0.0447. The van der Waals surface area contributed by atoms with Gasteiger partial charge >= 0.3 is 0 Å². The molecule has 17 heavy (non-hydrogen) atoms. The number of halogens is 3. The van der Waals surface area contributed by atoms with Crippen LogP contribution in [0, 0.1) is 5.82 Å². The summed E-state index contributed by atoms with van der Waals surface area (Å²) in [6.07, 6.45) is 3.14. The van der Waals surface area contributed by atoms with Crippen molar-refractivity contribution in [3.8, 4) is 0 Å². The molecule has 0 bridgehead atoms. The maximum atomic E-state index is 13.4. The normalized spacial score (nSPS) is 10.3. The van der Waals surface area contributed by atoms with Crippen LogP contribution >= 0.6 is 34.2 Å². The van der Waals surface area contributed by atoms with E-state index in [1.807, 2.05) is 0 Å². The molecule has 0 spiro atoms. The lowest BCUT2D eigenvalue weighted by atomic mass is 10.2. The van der Waals surface area contributed by atoms with Gasteiger partial charge in [-0.05, 0) is 35.5 Å². The van der Waals surface area contributed by atoms with Crippen molar-refractivity contribution in [1.29, 1.82) is 0 Å². The van der Waals surface area contributed by atoms with Gasteiger partial charge in [-0.15, -0.1) is 0 Å². The lowest BCUT2D eigenvalue weighted by molar-refractivity contribution is 0.0949. The molecule has 0 fully saturated rings. The highest BCUT2D eigenvalue weighted by atomic mass is 127. The minimum atomic E-state index is -0.581. The highest BCUT2D eigenvalue weighted by Gasteiger charge is 2.10. The first-order chi connectivity index (χ1) is 8.15. The number of alkyl halides is 1. The number of hydrogen-bond donors (Lipinski definition) is 1. The van der Waals surface area contributed by atoms with Gasteiger partial charge < -0.3 is 5.32 Å². The summed E-state index contributed by atoms with van der Waals surface area (Å²) in [5.74, 6) is -0.962. The van der Waals surface area contributed by atoms with Crippen LogP contribution in [0.25, 0.3) is 0 Å². The molecule has 0 saturated heterocycles. The minimum absolute atomic E-state index is 0.0447. The Morgan fingerprint density at radius 1 is 1.35 bits per heavy atom. The van der Waals surface area contributed by atoms with Crippen LogP contribution in [-0.2, 0) is 0 Å². The Labute approximate surface area is 119 Å². The second kappa shape index (κ2) is 7.87. The number of nitrogens with one attached hydrogen (secondary N) is 1. The van der Waals surface area contributed by atoms with E-state index in [0.717, 1.165) is 29.8 Å². The molecule has 1 amide bonds. The van der Waals surface area contributed by atoms with Crippen molar-refractivity contribution >= 4 is 40.1 Å². The molecule has 1 rings (SSSR count). The van der Waals surface area contributed by atoms with Crippen LogP contribution in [0.1, 0.15) is 29.6 Å². The van der Waals surface area contributed by atoms with Crippen molar-refractivity contribution in [2.24, 2.45) is 0 Å². The van der Waals surface area contributed by atoms with Crippen LogP contribution in [0.15, 0.2) is 18.2 Å². The Morgan fingerprint density at radius 2 is 2.12 bits per heavy atom. The quantitative estimate of drug-likeness (QED) is 0.461. The first kappa shape index (κ1) is 14.7. The Morgan fingerprint density at radius 3 is 2.76 bits per heavy atom. The fourth-order valence-electron chi connectivity index (χ4n) is 1.37. The van der Waals surface area contributed by atoms with E-state index in [4.69, 9.17) is 11.6 Å². The van der Waals surface area contributed by atoms with Crippen molar-refractivity contribution in [3.63, 3.8) is 0 Å². The van der Waals surface area contributed by atoms with Crippen molar-refractivity contribution in [2.45, 2.75) is 19.3 Å². The molecule has 0 aromatic heterocycles. The number of hydrogen-bond acceptors (Lipinski definition) is 1. The molecule has 1 aromatic carbocycles. The molecule has 1 N–H and O–H groups in total. The van der Waals surface area contributed by atoms with E-state index in [-0.39, 0.29) is 11.5 Å². The van der Waals surface area contributed by atoms with E-state index in [2.05, 4.69) is 27.9 Å². The Hall–Kier alpha value is -0.360. The second-order valence-electron chi connectivity index (χ2n) is 3.63. The zero-order valence-electron chi connectivity index (χ0n) is 9.31. The average Bonchev–Trinajstić information content (AvgIpc) is 2.28. The first-order valence-electron chi connectivity index (χ1n) is 5.44. The van der Waals surface area contributed by atoms with Gasteiger partial charge in [0.15, 0.2) is 0 Å². The number of carbonyl (C=O) groups is 1. The van der Waals surface area contributed by atoms with Crippen molar-refractivity contribution in [2.75, 3.05) is 11.0 Å². The smallest absolute Gasteiger partial charge is 0.254 e. The molecule has 5 heteroatoms. The molecule has 94 valence electrons. The third-order valence-electron chi connectivity index (χ3n) is 2.27. The number of unbranched alkanes of at least 4 members (excludes halogenated alkanes) is 2. The monoisotopic (exact) mass is 369 g/mol. The molecule has 1 aromatic rings. The lowest BCUT2D eigenvalue weighted by Gasteiger charge is -2.06. The topological polar surface area (TPSA) is 29.1 Å². The Kier molecular flexibility index (Phi) is 6.80. The minimum Gasteiger partial charge on any atom is -0.352 e. The third kappa shape index (κ3) is 5.21. The van der Waals surface area contributed by atoms with Gasteiger partial charge in [0, 0.05) is 11.6 Å². The molecule has 0 saturated carbocycles. The largest absolute Gasteiger partial charge is 0.352 e. The summed E-state index contributed by atoms with van der Waals surface area (Å²) in [6, 6.07) is 4.06. The number of benzene rings is 1. The van der Waals surface area contributed by atoms with Gasteiger partial charge in [-0.3, -0.25) is 4.79 Å². The maximum absolute atomic E-state index is 13.4. The summed E-state index contributed by atoms with van der Waals surface area (Å²) in [5, 5.41) is 2.99. The molecule has 0 atom stereocenters. The Bertz CT molecular complexity index is 387. The Balaban J connectivity index is 2.42. The summed E-state index contributed by atoms with van der Waals surface area (Å²) in [6.45, 7) is 0.581. The average molecular weight is 370 g/mol. The molecule has 0 aliphatic carbocycles. The van der Waals surface area contributed by atoms with E-state index in [1.165, 1.54) is 12.1 Å². The maximum Gasteiger partial charge on any atom is 0.254 e. The van der Waals surface area contributed by atoms with Crippen LogP contribution in [0.3, 0.4) is 0 Å². The molecule has 2 nitrogen and oxygen atoms in total. The van der Waals surface area contributed by atoms with Crippen LogP contribution in [0.4, 0.5) is 4.39 Å². The van der Waals surface area contributed by atoms with Crippen molar-refractivity contribution < 1.29 is 9.18 Å². The molecule has 0 heterocycles. The summed E-state index contributed by atoms with van der Waals surface area (Å²) in [4.78, 5) is 11.6. The lowest BCUT2D eigenvalue weighted by Crippen LogP contribution is -2.25. The van der Waals surface area contributed by atoms with Gasteiger partial charge in [-0.2, -0.15) is 0 Å². The van der Waals surface area contributed by atoms with Gasteiger partial charge in [-0.1, -0.05) is 40.6 Å². The zero-order valence-corrected chi connectivity index (χ0v) is 12.2. The summed E-state index contributed by atoms with van der Waals surface area (Å²) in [7, 11) is 0. The SMILES string of the molecule is O=C(NCCCCCI)c1ccc(Cl)cc1F. The summed E-state index contributed by atoms with van der Waals surface area (Å²) >= 11 is 7.93. The van der Waals surface area contributed by atoms with E-state index >= 15 is 0 Å². The van der Waals surface area contributed by atoms with E-state index in [0.29, 0.717) is 11.6 Å². The highest BCUT2D eigenvalue weighted by Crippen LogP contribution is 2.14. The van der Waals surface area contributed by atoms with Gasteiger partial charge in [0.1, 0.15) is 5.82 Å². The number of carbonyl (C=O) groups excluding carboxylic acids is 1. The van der Waals surface area contributed by atoms with E-state index < -0.39 is 5.82 Å². The van der Waals surface area contributed by atoms with Crippen molar-refractivity contribution in [3.05, 3.63) is 34.6 Å². The first-order valence-corrected chi connectivity index (χ1v) is 7.34. The highest BCUT2D eigenvalue weighted by molar-refractivity contribution is 14.1. The van der Waals surface area contributed by atoms with Gasteiger partial charge in [0.05, 0.1) is 5.56 Å². The molecule has 0 aliphatic heterocycles. The van der Waals surface area contributed by atoms with Gasteiger partial charge in [-0.25, -0.2) is 4.39 Å². The zero-order chi connectivity index (χ0) is 12.7. The molecular weight excluding hydrogens is 355 g/mol. The molecule has 0 aliphatic rings. The van der Waals surface area contributed by atoms with Crippen LogP contribution < -0.4 is 5.32 Å². The van der Waals surface area contributed by atoms with Crippen LogP contribution in [-0.4, -0.2) is 16.9 Å². The van der Waals surface area contributed by atoms with Crippen molar-refractivity contribution in [1.82, 2.24) is 5.32 Å². The van der Waals surface area contributed by atoms with E-state index in [9.17, 15) is 9.18 Å². The fourth-order valence-corrected chi connectivity index (χ4v) is 2.07.